The summed E-state index contributed by atoms with van der Waals surface area (Å²) in [6.07, 6.45) is 1.22. The van der Waals surface area contributed by atoms with Crippen molar-refractivity contribution < 1.29 is 14.5 Å². The van der Waals surface area contributed by atoms with Crippen molar-refractivity contribution >= 4 is 11.7 Å². The average Bonchev–Trinajstić information content (AvgIpc) is 2.72. The van der Waals surface area contributed by atoms with Crippen LogP contribution >= 0.6 is 0 Å². The van der Waals surface area contributed by atoms with Crippen LogP contribution in [0, 0.1) is 0 Å². The Bertz CT molecular complexity index is 351. The van der Waals surface area contributed by atoms with E-state index < -0.39 is 11.4 Å². The van der Waals surface area contributed by atoms with Crippen molar-refractivity contribution in [2.24, 2.45) is 0 Å². The molecular formula is C9H16N4O3. The molecule has 1 heterocycles. The van der Waals surface area contributed by atoms with E-state index in [0.29, 0.717) is 12.8 Å². The molecule has 1 amide bonds. The molecule has 0 unspecified atom stereocenters. The Morgan fingerprint density at radius 1 is 1.50 bits per heavy atom. The topological polar surface area (TPSA) is 114 Å². The minimum Gasteiger partial charge on any atom is -0.394 e. The Hall–Kier alpha value is -1.63. The monoisotopic (exact) mass is 228 g/mol. The van der Waals surface area contributed by atoms with Gasteiger partial charge in [0.15, 0.2) is 0 Å². The van der Waals surface area contributed by atoms with Crippen LogP contribution in [-0.2, 0) is 0 Å². The van der Waals surface area contributed by atoms with Gasteiger partial charge in [-0.3, -0.25) is 4.79 Å². The van der Waals surface area contributed by atoms with E-state index in [1.165, 1.54) is 0 Å². The molecule has 0 aromatic carbocycles. The Balaban J connectivity index is 2.81. The summed E-state index contributed by atoms with van der Waals surface area (Å²) in [7, 11) is 0. The molecule has 0 fully saturated rings. The summed E-state index contributed by atoms with van der Waals surface area (Å²) < 4.78 is 4.33. The normalized spacial score (nSPS) is 11.4. The molecule has 7 nitrogen and oxygen atoms in total. The summed E-state index contributed by atoms with van der Waals surface area (Å²) >= 11 is 0. The number of carbonyl (C=O) groups is 1. The van der Waals surface area contributed by atoms with Crippen LogP contribution in [0.2, 0.25) is 0 Å². The fourth-order valence-corrected chi connectivity index (χ4v) is 1.34. The van der Waals surface area contributed by atoms with Gasteiger partial charge in [0.25, 0.3) is 5.91 Å². The molecule has 1 rings (SSSR count). The second kappa shape index (κ2) is 4.93. The van der Waals surface area contributed by atoms with E-state index in [0.717, 1.165) is 0 Å². The highest BCUT2D eigenvalue weighted by atomic mass is 16.6. The number of aliphatic hydroxyl groups is 1. The summed E-state index contributed by atoms with van der Waals surface area (Å²) in [5, 5.41) is 18.7. The van der Waals surface area contributed by atoms with Gasteiger partial charge < -0.3 is 16.2 Å². The Morgan fingerprint density at radius 3 is 2.50 bits per heavy atom. The highest BCUT2D eigenvalue weighted by Gasteiger charge is 2.29. The Kier molecular flexibility index (Phi) is 3.83. The highest BCUT2D eigenvalue weighted by Crippen LogP contribution is 2.15. The number of rotatable bonds is 5. The van der Waals surface area contributed by atoms with Crippen LogP contribution in [0.25, 0.3) is 0 Å². The molecule has 4 N–H and O–H groups in total. The number of amides is 1. The van der Waals surface area contributed by atoms with Crippen LogP contribution in [0.15, 0.2) is 4.63 Å². The molecule has 0 atom stereocenters. The summed E-state index contributed by atoms with van der Waals surface area (Å²) in [6.45, 7) is 3.62. The molecule has 1 aromatic rings. The molecule has 0 radical (unpaired) electrons. The second-order valence-corrected chi connectivity index (χ2v) is 3.60. The first-order valence-corrected chi connectivity index (χ1v) is 5.10. The van der Waals surface area contributed by atoms with Crippen LogP contribution in [0.3, 0.4) is 0 Å². The average molecular weight is 228 g/mol. The standard InChI is InChI=1S/C9H16N4O3/c1-3-9(4-2,5-14)11-8(15)6-7(10)13-16-12-6/h14H,3-5H2,1-2H3,(H2,10,13)(H,11,15). The Morgan fingerprint density at radius 2 is 2.12 bits per heavy atom. The molecule has 0 aliphatic carbocycles. The Labute approximate surface area is 93.0 Å². The number of hydrogen-bond acceptors (Lipinski definition) is 6. The number of nitrogens with two attached hydrogens (primary N) is 1. The molecule has 90 valence electrons. The minimum absolute atomic E-state index is 0.0558. The fourth-order valence-electron chi connectivity index (χ4n) is 1.34. The van der Waals surface area contributed by atoms with Gasteiger partial charge in [-0.2, -0.15) is 0 Å². The van der Waals surface area contributed by atoms with Crippen molar-refractivity contribution in [1.82, 2.24) is 15.6 Å². The van der Waals surface area contributed by atoms with Gasteiger partial charge in [-0.05, 0) is 23.2 Å². The number of carbonyl (C=O) groups excluding carboxylic acids is 1. The first-order valence-electron chi connectivity index (χ1n) is 5.10. The van der Waals surface area contributed by atoms with Gasteiger partial charge in [0.1, 0.15) is 0 Å². The van der Waals surface area contributed by atoms with Gasteiger partial charge in [-0.1, -0.05) is 13.8 Å². The van der Waals surface area contributed by atoms with E-state index in [2.05, 4.69) is 20.3 Å². The lowest BCUT2D eigenvalue weighted by Gasteiger charge is -2.30. The van der Waals surface area contributed by atoms with E-state index >= 15 is 0 Å². The van der Waals surface area contributed by atoms with Crippen molar-refractivity contribution in [2.45, 2.75) is 32.2 Å². The third-order valence-electron chi connectivity index (χ3n) is 2.76. The van der Waals surface area contributed by atoms with Crippen LogP contribution in [0.5, 0.6) is 0 Å². The van der Waals surface area contributed by atoms with E-state index in [-0.39, 0.29) is 18.1 Å². The molecule has 16 heavy (non-hydrogen) atoms. The summed E-state index contributed by atoms with van der Waals surface area (Å²) in [5.41, 5.74) is 4.69. The fraction of sp³-hybridized carbons (Fsp3) is 0.667. The first kappa shape index (κ1) is 12.4. The molecule has 0 spiro atoms. The predicted octanol–water partition coefficient (Wildman–Crippen LogP) is -0.0673. The number of nitrogens with one attached hydrogen (secondary N) is 1. The summed E-state index contributed by atoms with van der Waals surface area (Å²) in [5.74, 6) is -0.548. The van der Waals surface area contributed by atoms with Crippen LogP contribution in [0.4, 0.5) is 5.82 Å². The largest absolute Gasteiger partial charge is 0.394 e. The number of aliphatic hydroxyl groups excluding tert-OH is 1. The lowest BCUT2D eigenvalue weighted by atomic mass is 9.94. The molecule has 1 aromatic heterocycles. The maximum atomic E-state index is 11.8. The number of hydrogen-bond donors (Lipinski definition) is 3. The van der Waals surface area contributed by atoms with E-state index in [1.54, 1.807) is 0 Å². The quantitative estimate of drug-likeness (QED) is 0.650. The molecule has 0 aliphatic rings. The number of nitrogen functional groups attached to an aromatic ring is 1. The lowest BCUT2D eigenvalue weighted by molar-refractivity contribution is 0.0809. The first-order chi connectivity index (χ1) is 7.58. The number of nitrogens with zero attached hydrogens (tertiary/aromatic N) is 2. The maximum absolute atomic E-state index is 11.8. The van der Waals surface area contributed by atoms with Crippen molar-refractivity contribution in [3.05, 3.63) is 5.69 Å². The van der Waals surface area contributed by atoms with E-state index in [9.17, 15) is 9.90 Å². The highest BCUT2D eigenvalue weighted by molar-refractivity contribution is 5.96. The van der Waals surface area contributed by atoms with Crippen molar-refractivity contribution in [1.29, 1.82) is 0 Å². The van der Waals surface area contributed by atoms with Gasteiger partial charge >= 0.3 is 0 Å². The molecular weight excluding hydrogens is 212 g/mol. The van der Waals surface area contributed by atoms with Crippen molar-refractivity contribution in [3.8, 4) is 0 Å². The van der Waals surface area contributed by atoms with Crippen LogP contribution in [-0.4, -0.2) is 33.5 Å². The summed E-state index contributed by atoms with van der Waals surface area (Å²) in [6, 6.07) is 0. The van der Waals surface area contributed by atoms with Gasteiger partial charge in [0, 0.05) is 0 Å². The summed E-state index contributed by atoms with van der Waals surface area (Å²) in [4.78, 5) is 11.8. The SMILES string of the molecule is CCC(CC)(CO)NC(=O)c1nonc1N. The molecule has 7 heteroatoms. The van der Waals surface area contributed by atoms with Crippen molar-refractivity contribution in [2.75, 3.05) is 12.3 Å². The van der Waals surface area contributed by atoms with E-state index in [1.807, 2.05) is 13.8 Å². The smallest absolute Gasteiger partial charge is 0.277 e. The third-order valence-corrected chi connectivity index (χ3v) is 2.76. The van der Waals surface area contributed by atoms with E-state index in [4.69, 9.17) is 5.73 Å². The maximum Gasteiger partial charge on any atom is 0.277 e. The second-order valence-electron chi connectivity index (χ2n) is 3.60. The van der Waals surface area contributed by atoms with Gasteiger partial charge in [0.2, 0.25) is 11.5 Å². The zero-order chi connectivity index (χ0) is 12.2. The van der Waals surface area contributed by atoms with Crippen LogP contribution < -0.4 is 11.1 Å². The van der Waals surface area contributed by atoms with Gasteiger partial charge in [-0.15, -0.1) is 0 Å². The molecule has 0 saturated carbocycles. The van der Waals surface area contributed by atoms with Crippen molar-refractivity contribution in [3.63, 3.8) is 0 Å². The molecule has 0 bridgehead atoms. The lowest BCUT2D eigenvalue weighted by Crippen LogP contribution is -2.50. The molecule has 0 saturated heterocycles. The zero-order valence-corrected chi connectivity index (χ0v) is 9.36. The van der Waals surface area contributed by atoms with Gasteiger partial charge in [0.05, 0.1) is 12.1 Å². The molecule has 0 aliphatic heterocycles. The predicted molar refractivity (Wildman–Crippen MR) is 56.6 cm³/mol. The minimum atomic E-state index is -0.650. The zero-order valence-electron chi connectivity index (χ0n) is 9.36. The van der Waals surface area contributed by atoms with Gasteiger partial charge in [-0.25, -0.2) is 4.63 Å². The number of aromatic nitrogens is 2. The van der Waals surface area contributed by atoms with Crippen LogP contribution in [0.1, 0.15) is 37.2 Å². The number of anilines is 1. The third kappa shape index (κ3) is 2.30.